The van der Waals surface area contributed by atoms with E-state index >= 15 is 0 Å². The summed E-state index contributed by atoms with van der Waals surface area (Å²) in [6.07, 6.45) is 0. The maximum absolute atomic E-state index is 6.27. The largest absolute Gasteiger partial charge is 0.369 e. The molecule has 2 heterocycles. The molecule has 0 aliphatic carbocycles. The van der Waals surface area contributed by atoms with Crippen LogP contribution in [0.2, 0.25) is 5.02 Å². The van der Waals surface area contributed by atoms with Gasteiger partial charge in [0.05, 0.1) is 22.6 Å². The molecule has 0 saturated heterocycles. The number of nitrogens with zero attached hydrogens (tertiary/aromatic N) is 2. The molecule has 1 aromatic carbocycles. The third-order valence-electron chi connectivity index (χ3n) is 3.28. The summed E-state index contributed by atoms with van der Waals surface area (Å²) in [5.74, 6) is 0.506. The fraction of sp³-hybridized carbons (Fsp3) is 0.214. The molecule has 19 heavy (non-hydrogen) atoms. The molecule has 0 saturated carbocycles. The van der Waals surface area contributed by atoms with Crippen LogP contribution in [0.15, 0.2) is 24.3 Å². The maximum Gasteiger partial charge on any atom is 0.201 e. The Bertz CT molecular complexity index is 738. The Hall–Kier alpha value is -1.52. The maximum atomic E-state index is 6.27. The van der Waals surface area contributed by atoms with E-state index in [9.17, 15) is 0 Å². The van der Waals surface area contributed by atoms with Crippen molar-refractivity contribution in [1.82, 2.24) is 9.55 Å². The lowest BCUT2D eigenvalue weighted by molar-refractivity contribution is 0.852. The minimum atomic E-state index is 0.506. The molecule has 3 aromatic rings. The van der Waals surface area contributed by atoms with E-state index in [1.165, 1.54) is 15.3 Å². The predicted octanol–water partition coefficient (Wildman–Crippen LogP) is 4.00. The third-order valence-corrected chi connectivity index (χ3v) is 4.72. The molecule has 2 aromatic heterocycles. The van der Waals surface area contributed by atoms with Gasteiger partial charge in [-0.25, -0.2) is 4.98 Å². The highest BCUT2D eigenvalue weighted by atomic mass is 35.5. The highest BCUT2D eigenvalue weighted by molar-refractivity contribution is 7.12. The minimum absolute atomic E-state index is 0.506. The second-order valence-corrected chi connectivity index (χ2v) is 6.36. The zero-order valence-electron chi connectivity index (χ0n) is 10.8. The van der Waals surface area contributed by atoms with Gasteiger partial charge in [0, 0.05) is 9.75 Å². The van der Waals surface area contributed by atoms with Crippen molar-refractivity contribution in [2.24, 2.45) is 0 Å². The highest BCUT2D eigenvalue weighted by Gasteiger charge is 2.12. The van der Waals surface area contributed by atoms with Crippen molar-refractivity contribution in [3.8, 4) is 0 Å². The smallest absolute Gasteiger partial charge is 0.201 e. The van der Waals surface area contributed by atoms with Crippen molar-refractivity contribution in [3.63, 3.8) is 0 Å². The van der Waals surface area contributed by atoms with Crippen LogP contribution in [-0.2, 0) is 6.54 Å². The van der Waals surface area contributed by atoms with Crippen molar-refractivity contribution < 1.29 is 0 Å². The number of halogens is 1. The molecule has 0 fully saturated rings. The van der Waals surface area contributed by atoms with Crippen LogP contribution in [0.25, 0.3) is 11.0 Å². The Morgan fingerprint density at radius 2 is 2.16 bits per heavy atom. The molecule has 0 aliphatic heterocycles. The molecule has 3 nitrogen and oxygen atoms in total. The van der Waals surface area contributed by atoms with Gasteiger partial charge in [0.1, 0.15) is 0 Å². The fourth-order valence-electron chi connectivity index (χ4n) is 2.20. The van der Waals surface area contributed by atoms with Crippen molar-refractivity contribution in [2.45, 2.75) is 20.4 Å². The number of hydrogen-bond acceptors (Lipinski definition) is 3. The summed E-state index contributed by atoms with van der Waals surface area (Å²) in [5, 5.41) is 0.687. The van der Waals surface area contributed by atoms with Gasteiger partial charge in [-0.2, -0.15) is 0 Å². The van der Waals surface area contributed by atoms with E-state index in [0.717, 1.165) is 11.0 Å². The number of fused-ring (bicyclic) bond motifs is 1. The molecule has 0 radical (unpaired) electrons. The summed E-state index contributed by atoms with van der Waals surface area (Å²) in [5.41, 5.74) is 9.08. The van der Waals surface area contributed by atoms with E-state index in [4.69, 9.17) is 17.3 Å². The Balaban J connectivity index is 2.12. The molecule has 5 heteroatoms. The van der Waals surface area contributed by atoms with Gasteiger partial charge in [-0.3, -0.25) is 0 Å². The minimum Gasteiger partial charge on any atom is -0.369 e. The summed E-state index contributed by atoms with van der Waals surface area (Å²) in [6, 6.07) is 7.88. The van der Waals surface area contributed by atoms with Crippen LogP contribution in [0.4, 0.5) is 5.95 Å². The standard InChI is InChI=1S/C14H14ClN3S/c1-8-6-10(19-9(8)2)7-18-13-11(15)4-3-5-12(13)17-14(18)16/h3-6H,7H2,1-2H3,(H2,16,17). The lowest BCUT2D eigenvalue weighted by atomic mass is 10.3. The van der Waals surface area contributed by atoms with Crippen LogP contribution >= 0.6 is 22.9 Å². The van der Waals surface area contributed by atoms with E-state index in [2.05, 4.69) is 24.9 Å². The lowest BCUT2D eigenvalue weighted by Crippen LogP contribution is -2.03. The second-order valence-electron chi connectivity index (χ2n) is 4.62. The second kappa shape index (κ2) is 4.54. The summed E-state index contributed by atoms with van der Waals surface area (Å²) < 4.78 is 1.97. The van der Waals surface area contributed by atoms with E-state index in [0.29, 0.717) is 17.5 Å². The first-order chi connectivity index (χ1) is 9.06. The van der Waals surface area contributed by atoms with Crippen molar-refractivity contribution in [1.29, 1.82) is 0 Å². The molecule has 0 bridgehead atoms. The van der Waals surface area contributed by atoms with E-state index in [-0.39, 0.29) is 0 Å². The van der Waals surface area contributed by atoms with Crippen LogP contribution in [-0.4, -0.2) is 9.55 Å². The third kappa shape index (κ3) is 2.11. The number of imidazole rings is 1. The highest BCUT2D eigenvalue weighted by Crippen LogP contribution is 2.28. The molecule has 3 rings (SSSR count). The van der Waals surface area contributed by atoms with Crippen LogP contribution in [0.5, 0.6) is 0 Å². The van der Waals surface area contributed by atoms with Crippen molar-refractivity contribution in [3.05, 3.63) is 44.6 Å². The predicted molar refractivity (Wildman–Crippen MR) is 82.1 cm³/mol. The summed E-state index contributed by atoms with van der Waals surface area (Å²) in [4.78, 5) is 6.96. The number of thiophene rings is 1. The van der Waals surface area contributed by atoms with Gasteiger partial charge in [0.15, 0.2) is 0 Å². The van der Waals surface area contributed by atoms with E-state index in [1.807, 2.05) is 22.8 Å². The number of anilines is 1. The normalized spacial score (nSPS) is 11.3. The molecule has 0 aliphatic rings. The van der Waals surface area contributed by atoms with Gasteiger partial charge < -0.3 is 10.3 Å². The summed E-state index contributed by atoms with van der Waals surface area (Å²) >= 11 is 8.05. The van der Waals surface area contributed by atoms with Crippen LogP contribution in [0.3, 0.4) is 0 Å². The lowest BCUT2D eigenvalue weighted by Gasteiger charge is -2.05. The molecule has 2 N–H and O–H groups in total. The van der Waals surface area contributed by atoms with E-state index in [1.54, 1.807) is 11.3 Å². The van der Waals surface area contributed by atoms with Gasteiger partial charge in [-0.1, -0.05) is 17.7 Å². The van der Waals surface area contributed by atoms with Gasteiger partial charge in [0.2, 0.25) is 5.95 Å². The first-order valence-electron chi connectivity index (χ1n) is 6.02. The van der Waals surface area contributed by atoms with Gasteiger partial charge in [-0.15, -0.1) is 11.3 Å². The van der Waals surface area contributed by atoms with Crippen molar-refractivity contribution >= 4 is 39.9 Å². The average molecular weight is 292 g/mol. The number of benzene rings is 1. The first kappa shape index (κ1) is 12.5. The Labute approximate surface area is 120 Å². The average Bonchev–Trinajstić information content (AvgIpc) is 2.82. The molecule has 0 atom stereocenters. The van der Waals surface area contributed by atoms with Crippen LogP contribution in [0.1, 0.15) is 15.3 Å². The zero-order chi connectivity index (χ0) is 13.6. The quantitative estimate of drug-likeness (QED) is 0.775. The Morgan fingerprint density at radius 1 is 1.37 bits per heavy atom. The monoisotopic (exact) mass is 291 g/mol. The summed E-state index contributed by atoms with van der Waals surface area (Å²) in [6.45, 7) is 4.97. The number of nitrogens with two attached hydrogens (primary N) is 1. The number of hydrogen-bond donors (Lipinski definition) is 1. The van der Waals surface area contributed by atoms with E-state index < -0.39 is 0 Å². The molecule has 98 valence electrons. The van der Waals surface area contributed by atoms with Gasteiger partial charge in [0.25, 0.3) is 0 Å². The van der Waals surface area contributed by atoms with Crippen LogP contribution in [0, 0.1) is 13.8 Å². The molecule has 0 spiro atoms. The SMILES string of the molecule is Cc1cc(Cn2c(N)nc3cccc(Cl)c32)sc1C. The molecular weight excluding hydrogens is 278 g/mol. The van der Waals surface area contributed by atoms with Gasteiger partial charge in [-0.05, 0) is 37.6 Å². The molecule has 0 unspecified atom stereocenters. The molecule has 0 amide bonds. The number of aromatic nitrogens is 2. The van der Waals surface area contributed by atoms with Crippen molar-refractivity contribution in [2.75, 3.05) is 5.73 Å². The zero-order valence-corrected chi connectivity index (χ0v) is 12.3. The fourth-order valence-corrected chi connectivity index (χ4v) is 3.52. The Morgan fingerprint density at radius 3 is 2.84 bits per heavy atom. The number of nitrogen functional groups attached to an aromatic ring is 1. The number of rotatable bonds is 2. The topological polar surface area (TPSA) is 43.8 Å². The van der Waals surface area contributed by atoms with Crippen LogP contribution < -0.4 is 5.73 Å². The Kier molecular flexibility index (Phi) is 2.99. The summed E-state index contributed by atoms with van der Waals surface area (Å²) in [7, 11) is 0. The van der Waals surface area contributed by atoms with Gasteiger partial charge >= 0.3 is 0 Å². The molecular formula is C14H14ClN3S. The number of para-hydroxylation sites is 1. The first-order valence-corrected chi connectivity index (χ1v) is 7.22. The number of aryl methyl sites for hydroxylation is 2.